The average Bonchev–Trinajstić information content (AvgIpc) is 3.29. The lowest BCUT2D eigenvalue weighted by molar-refractivity contribution is -0.385. The molecule has 0 fully saturated rings. The van der Waals surface area contributed by atoms with Gasteiger partial charge in [0, 0.05) is 30.0 Å². The second kappa shape index (κ2) is 9.13. The van der Waals surface area contributed by atoms with E-state index in [0.717, 1.165) is 0 Å². The fourth-order valence-electron chi connectivity index (χ4n) is 2.47. The molecule has 0 unspecified atom stereocenters. The third kappa shape index (κ3) is 5.38. The molecule has 0 aliphatic heterocycles. The van der Waals surface area contributed by atoms with Crippen LogP contribution in [0.2, 0.25) is 0 Å². The number of carbonyl (C=O) groups excluding carboxylic acids is 2. The first kappa shape index (κ1) is 20.9. The zero-order chi connectivity index (χ0) is 22.4. The first-order valence-corrected chi connectivity index (χ1v) is 8.70. The number of amides is 2. The Morgan fingerprint density at radius 2 is 1.45 bits per heavy atom. The monoisotopic (exact) mass is 422 g/mol. The summed E-state index contributed by atoms with van der Waals surface area (Å²) in [7, 11) is 0. The highest BCUT2D eigenvalue weighted by Gasteiger charge is 2.17. The molecule has 0 aliphatic carbocycles. The lowest BCUT2D eigenvalue weighted by Gasteiger charge is -2.10. The van der Waals surface area contributed by atoms with Crippen LogP contribution in [0.1, 0.15) is 16.1 Å². The highest BCUT2D eigenvalue weighted by Crippen LogP contribution is 2.18. The lowest BCUT2D eigenvalue weighted by atomic mass is 10.1. The molecular formula is C20H14N4O7. The molecule has 3 rings (SSSR count). The van der Waals surface area contributed by atoms with Crippen molar-refractivity contribution >= 4 is 35.0 Å². The van der Waals surface area contributed by atoms with Gasteiger partial charge in [-0.2, -0.15) is 0 Å². The maximum Gasteiger partial charge on any atom is 0.291 e. The number of carbonyl (C=O) groups is 2. The molecule has 156 valence electrons. The number of hydrogen-bond acceptors (Lipinski definition) is 7. The Labute approximate surface area is 174 Å². The number of rotatable bonds is 7. The highest BCUT2D eigenvalue weighted by molar-refractivity contribution is 6.10. The Balaban J connectivity index is 1.86. The number of nitro groups is 2. The van der Waals surface area contributed by atoms with Crippen LogP contribution < -0.4 is 10.6 Å². The van der Waals surface area contributed by atoms with Gasteiger partial charge in [0.25, 0.3) is 23.2 Å². The number of nitrogens with one attached hydrogen (secondary N) is 2. The van der Waals surface area contributed by atoms with E-state index in [1.54, 1.807) is 0 Å². The van der Waals surface area contributed by atoms with Crippen molar-refractivity contribution in [1.29, 1.82) is 0 Å². The van der Waals surface area contributed by atoms with E-state index in [9.17, 15) is 29.8 Å². The van der Waals surface area contributed by atoms with Crippen LogP contribution in [-0.2, 0) is 4.79 Å². The van der Waals surface area contributed by atoms with Gasteiger partial charge in [-0.25, -0.2) is 0 Å². The second-order valence-electron chi connectivity index (χ2n) is 6.10. The van der Waals surface area contributed by atoms with Gasteiger partial charge in [-0.15, -0.1) is 0 Å². The fraction of sp³-hybridized carbons (Fsp3) is 0. The van der Waals surface area contributed by atoms with Crippen molar-refractivity contribution in [2.24, 2.45) is 0 Å². The van der Waals surface area contributed by atoms with Crippen LogP contribution in [0, 0.1) is 20.2 Å². The number of non-ortho nitro benzene ring substituents is 2. The first-order valence-electron chi connectivity index (χ1n) is 8.70. The van der Waals surface area contributed by atoms with Gasteiger partial charge in [0.15, 0.2) is 5.76 Å². The molecule has 2 amide bonds. The van der Waals surface area contributed by atoms with E-state index < -0.39 is 21.7 Å². The summed E-state index contributed by atoms with van der Waals surface area (Å²) >= 11 is 0. The van der Waals surface area contributed by atoms with Crippen molar-refractivity contribution in [3.8, 4) is 0 Å². The lowest BCUT2D eigenvalue weighted by Crippen LogP contribution is -2.30. The maximum atomic E-state index is 12.7. The molecule has 11 nitrogen and oxygen atoms in total. The van der Waals surface area contributed by atoms with Crippen molar-refractivity contribution in [3.05, 3.63) is 104 Å². The van der Waals surface area contributed by atoms with Crippen LogP contribution in [0.3, 0.4) is 0 Å². The van der Waals surface area contributed by atoms with Gasteiger partial charge in [0.1, 0.15) is 5.70 Å². The minimum absolute atomic E-state index is 0.0299. The molecule has 0 atom stereocenters. The number of nitrogens with zero attached hydrogens (tertiary/aromatic N) is 2. The molecule has 0 saturated carbocycles. The predicted molar refractivity (Wildman–Crippen MR) is 109 cm³/mol. The zero-order valence-corrected chi connectivity index (χ0v) is 15.7. The minimum atomic E-state index is -0.716. The summed E-state index contributed by atoms with van der Waals surface area (Å²) in [5, 5.41) is 26.5. The molecule has 11 heteroatoms. The van der Waals surface area contributed by atoms with E-state index in [-0.39, 0.29) is 28.5 Å². The molecule has 0 radical (unpaired) electrons. The smallest absolute Gasteiger partial charge is 0.291 e. The van der Waals surface area contributed by atoms with Gasteiger partial charge in [-0.3, -0.25) is 29.8 Å². The number of benzene rings is 2. The maximum absolute atomic E-state index is 12.7. The zero-order valence-electron chi connectivity index (χ0n) is 15.7. The van der Waals surface area contributed by atoms with Crippen LogP contribution >= 0.6 is 0 Å². The van der Waals surface area contributed by atoms with Gasteiger partial charge in [-0.1, -0.05) is 0 Å². The predicted octanol–water partition coefficient (Wildman–Crippen LogP) is 3.51. The molecular weight excluding hydrogens is 408 g/mol. The molecule has 0 spiro atoms. The van der Waals surface area contributed by atoms with E-state index in [1.807, 2.05) is 0 Å². The molecule has 1 heterocycles. The Bertz CT molecular complexity index is 1150. The SMILES string of the molecule is O=C(Nc1ccc([N+](=O)[O-])cc1)C(=Cc1ccc([N+](=O)[O-])cc1)NC(=O)c1ccco1. The summed E-state index contributed by atoms with van der Waals surface area (Å²) in [6, 6.07) is 13.4. The van der Waals surface area contributed by atoms with Gasteiger partial charge in [-0.05, 0) is 48.0 Å². The summed E-state index contributed by atoms with van der Waals surface area (Å²) in [6.45, 7) is 0. The molecule has 2 N–H and O–H groups in total. The number of nitro benzene ring substituents is 2. The van der Waals surface area contributed by atoms with Crippen molar-refractivity contribution < 1.29 is 23.9 Å². The van der Waals surface area contributed by atoms with E-state index in [0.29, 0.717) is 5.56 Å². The third-order valence-corrected chi connectivity index (χ3v) is 3.99. The van der Waals surface area contributed by atoms with Gasteiger partial charge in [0.2, 0.25) is 0 Å². The number of anilines is 1. The normalized spacial score (nSPS) is 10.9. The highest BCUT2D eigenvalue weighted by atomic mass is 16.6. The Hall–Kier alpha value is -4.80. The topological polar surface area (TPSA) is 158 Å². The molecule has 0 bridgehead atoms. The Morgan fingerprint density at radius 3 is 1.97 bits per heavy atom. The number of furan rings is 1. The summed E-state index contributed by atoms with van der Waals surface area (Å²) in [6.07, 6.45) is 2.62. The molecule has 2 aromatic carbocycles. The van der Waals surface area contributed by atoms with Crippen LogP contribution in [0.4, 0.5) is 17.1 Å². The van der Waals surface area contributed by atoms with Crippen LogP contribution in [0.25, 0.3) is 6.08 Å². The van der Waals surface area contributed by atoms with Crippen molar-refractivity contribution in [2.45, 2.75) is 0 Å². The number of hydrogen-bond donors (Lipinski definition) is 2. The second-order valence-corrected chi connectivity index (χ2v) is 6.10. The fourth-order valence-corrected chi connectivity index (χ4v) is 2.47. The van der Waals surface area contributed by atoms with E-state index >= 15 is 0 Å². The van der Waals surface area contributed by atoms with Gasteiger partial charge < -0.3 is 15.1 Å². The average molecular weight is 422 g/mol. The van der Waals surface area contributed by atoms with E-state index in [4.69, 9.17) is 4.42 Å². The van der Waals surface area contributed by atoms with Crippen molar-refractivity contribution in [3.63, 3.8) is 0 Å². The Morgan fingerprint density at radius 1 is 0.871 bits per heavy atom. The largest absolute Gasteiger partial charge is 0.459 e. The molecule has 1 aromatic heterocycles. The summed E-state index contributed by atoms with van der Waals surface area (Å²) < 4.78 is 5.01. The van der Waals surface area contributed by atoms with Crippen LogP contribution in [0.5, 0.6) is 0 Å². The molecule has 3 aromatic rings. The Kier molecular flexibility index (Phi) is 6.16. The summed E-state index contributed by atoms with van der Waals surface area (Å²) in [4.78, 5) is 45.5. The molecule has 31 heavy (non-hydrogen) atoms. The van der Waals surface area contributed by atoms with E-state index in [1.165, 1.54) is 73.0 Å². The standard InChI is InChI=1S/C20H14N4O7/c25-19(21-14-5-9-16(10-6-14)24(29)30)17(22-20(26)18-2-1-11-31-18)12-13-3-7-15(8-4-13)23(27)28/h1-12H,(H,21,25)(H,22,26). The van der Waals surface area contributed by atoms with Crippen LogP contribution in [0.15, 0.2) is 77.0 Å². The van der Waals surface area contributed by atoms with E-state index in [2.05, 4.69) is 10.6 Å². The van der Waals surface area contributed by atoms with Gasteiger partial charge in [0.05, 0.1) is 16.1 Å². The minimum Gasteiger partial charge on any atom is -0.459 e. The molecule has 0 aliphatic rings. The van der Waals surface area contributed by atoms with Gasteiger partial charge >= 0.3 is 0 Å². The summed E-state index contributed by atoms with van der Waals surface area (Å²) in [5.41, 5.74) is 0.227. The molecule has 0 saturated heterocycles. The first-order chi connectivity index (χ1) is 14.8. The van der Waals surface area contributed by atoms with Crippen molar-refractivity contribution in [1.82, 2.24) is 5.32 Å². The summed E-state index contributed by atoms with van der Waals surface area (Å²) in [5.74, 6) is -1.43. The van der Waals surface area contributed by atoms with Crippen molar-refractivity contribution in [2.75, 3.05) is 5.32 Å². The van der Waals surface area contributed by atoms with Crippen LogP contribution in [-0.4, -0.2) is 21.7 Å². The quantitative estimate of drug-likeness (QED) is 0.335. The third-order valence-electron chi connectivity index (χ3n) is 3.99.